The smallest absolute Gasteiger partial charge is 0.220 e. The van der Waals surface area contributed by atoms with Gasteiger partial charge in [-0.25, -0.2) is 0 Å². The van der Waals surface area contributed by atoms with Gasteiger partial charge in [-0.05, 0) is 32.1 Å². The largest absolute Gasteiger partial charge is 0.376 e. The fourth-order valence-corrected chi connectivity index (χ4v) is 3.23. The lowest BCUT2D eigenvalue weighted by Crippen LogP contribution is -2.40. The minimum atomic E-state index is 0.173. The van der Waals surface area contributed by atoms with Crippen LogP contribution in [0.4, 0.5) is 0 Å². The SMILES string of the molecule is C[C@H](NC(=O)CCC1CCCCC1)[C@H]1CCCO1. The van der Waals surface area contributed by atoms with E-state index in [2.05, 4.69) is 12.2 Å². The van der Waals surface area contributed by atoms with E-state index in [9.17, 15) is 4.79 Å². The monoisotopic (exact) mass is 253 g/mol. The highest BCUT2D eigenvalue weighted by molar-refractivity contribution is 5.76. The number of amides is 1. The zero-order chi connectivity index (χ0) is 12.8. The van der Waals surface area contributed by atoms with Crippen molar-refractivity contribution in [3.8, 4) is 0 Å². The van der Waals surface area contributed by atoms with Crippen LogP contribution in [0.1, 0.15) is 64.7 Å². The summed E-state index contributed by atoms with van der Waals surface area (Å²) in [4.78, 5) is 11.9. The molecule has 0 aromatic rings. The number of carbonyl (C=O) groups excluding carboxylic acids is 1. The van der Waals surface area contributed by atoms with Crippen LogP contribution in [0.3, 0.4) is 0 Å². The van der Waals surface area contributed by atoms with Crippen LogP contribution < -0.4 is 5.32 Å². The molecule has 0 aromatic heterocycles. The molecule has 1 amide bonds. The first-order valence-electron chi connectivity index (χ1n) is 7.66. The Morgan fingerprint density at radius 2 is 2.00 bits per heavy atom. The highest BCUT2D eigenvalue weighted by Gasteiger charge is 2.23. The molecule has 104 valence electrons. The van der Waals surface area contributed by atoms with Crippen molar-refractivity contribution in [3.05, 3.63) is 0 Å². The molecule has 2 fully saturated rings. The average molecular weight is 253 g/mol. The molecule has 3 nitrogen and oxygen atoms in total. The van der Waals surface area contributed by atoms with E-state index in [1.54, 1.807) is 0 Å². The molecule has 0 unspecified atom stereocenters. The lowest BCUT2D eigenvalue weighted by Gasteiger charge is -2.23. The van der Waals surface area contributed by atoms with Crippen LogP contribution in [0.2, 0.25) is 0 Å². The summed E-state index contributed by atoms with van der Waals surface area (Å²) in [6.07, 6.45) is 11.0. The number of hydrogen-bond acceptors (Lipinski definition) is 2. The summed E-state index contributed by atoms with van der Waals surface area (Å²) < 4.78 is 5.60. The second-order valence-corrected chi connectivity index (χ2v) is 5.95. The van der Waals surface area contributed by atoms with Crippen LogP contribution in [0.15, 0.2) is 0 Å². The van der Waals surface area contributed by atoms with Crippen LogP contribution in [0, 0.1) is 5.92 Å². The van der Waals surface area contributed by atoms with Crippen molar-refractivity contribution in [1.82, 2.24) is 5.32 Å². The topological polar surface area (TPSA) is 38.3 Å². The van der Waals surface area contributed by atoms with Crippen LogP contribution in [0.25, 0.3) is 0 Å². The van der Waals surface area contributed by atoms with E-state index in [0.717, 1.165) is 31.8 Å². The molecule has 2 aliphatic rings. The van der Waals surface area contributed by atoms with E-state index in [-0.39, 0.29) is 18.1 Å². The van der Waals surface area contributed by atoms with Gasteiger partial charge in [0.25, 0.3) is 0 Å². The highest BCUT2D eigenvalue weighted by Crippen LogP contribution is 2.27. The molecule has 0 aromatic carbocycles. The quantitative estimate of drug-likeness (QED) is 0.818. The Morgan fingerprint density at radius 1 is 1.22 bits per heavy atom. The van der Waals surface area contributed by atoms with Crippen molar-refractivity contribution in [2.24, 2.45) is 5.92 Å². The number of hydrogen-bond donors (Lipinski definition) is 1. The Morgan fingerprint density at radius 3 is 2.67 bits per heavy atom. The Labute approximate surface area is 111 Å². The normalized spacial score (nSPS) is 27.1. The fourth-order valence-electron chi connectivity index (χ4n) is 3.23. The summed E-state index contributed by atoms with van der Waals surface area (Å²) in [6.45, 7) is 2.92. The first kappa shape index (κ1) is 13.9. The van der Waals surface area contributed by atoms with Crippen molar-refractivity contribution >= 4 is 5.91 Å². The number of rotatable bonds is 5. The number of carbonyl (C=O) groups is 1. The van der Waals surface area contributed by atoms with Crippen molar-refractivity contribution in [2.45, 2.75) is 76.9 Å². The first-order valence-corrected chi connectivity index (χ1v) is 7.66. The molecule has 0 spiro atoms. The van der Waals surface area contributed by atoms with E-state index in [4.69, 9.17) is 4.74 Å². The van der Waals surface area contributed by atoms with Gasteiger partial charge in [0.05, 0.1) is 12.1 Å². The third-order valence-corrected chi connectivity index (χ3v) is 4.42. The number of ether oxygens (including phenoxy) is 1. The van der Waals surface area contributed by atoms with Gasteiger partial charge in [0.15, 0.2) is 0 Å². The van der Waals surface area contributed by atoms with E-state index in [0.29, 0.717) is 6.42 Å². The van der Waals surface area contributed by atoms with Crippen molar-refractivity contribution in [1.29, 1.82) is 0 Å². The molecule has 1 heterocycles. The van der Waals surface area contributed by atoms with Crippen LogP contribution in [-0.2, 0) is 9.53 Å². The molecule has 2 atom stereocenters. The van der Waals surface area contributed by atoms with Crippen LogP contribution >= 0.6 is 0 Å². The Hall–Kier alpha value is -0.570. The van der Waals surface area contributed by atoms with Gasteiger partial charge in [0, 0.05) is 13.0 Å². The summed E-state index contributed by atoms with van der Waals surface area (Å²) in [5.41, 5.74) is 0. The molecular formula is C15H27NO2. The molecule has 3 heteroatoms. The van der Waals surface area contributed by atoms with Crippen molar-refractivity contribution < 1.29 is 9.53 Å². The molecule has 0 bridgehead atoms. The summed E-state index contributed by atoms with van der Waals surface area (Å²) in [5, 5.41) is 3.10. The zero-order valence-corrected chi connectivity index (χ0v) is 11.6. The van der Waals surface area contributed by atoms with Gasteiger partial charge in [0.2, 0.25) is 5.91 Å². The third kappa shape index (κ3) is 4.27. The summed E-state index contributed by atoms with van der Waals surface area (Å²) in [7, 11) is 0. The predicted octanol–water partition coefficient (Wildman–Crippen LogP) is 3.03. The second-order valence-electron chi connectivity index (χ2n) is 5.95. The maximum atomic E-state index is 11.9. The molecule has 18 heavy (non-hydrogen) atoms. The van der Waals surface area contributed by atoms with Gasteiger partial charge in [-0.2, -0.15) is 0 Å². The lowest BCUT2D eigenvalue weighted by molar-refractivity contribution is -0.122. The minimum Gasteiger partial charge on any atom is -0.376 e. The van der Waals surface area contributed by atoms with Gasteiger partial charge in [0.1, 0.15) is 0 Å². The van der Waals surface area contributed by atoms with E-state index in [1.807, 2.05) is 0 Å². The van der Waals surface area contributed by atoms with Gasteiger partial charge < -0.3 is 10.1 Å². The van der Waals surface area contributed by atoms with Crippen LogP contribution in [0.5, 0.6) is 0 Å². The minimum absolute atomic E-state index is 0.173. The third-order valence-electron chi connectivity index (χ3n) is 4.42. The van der Waals surface area contributed by atoms with Gasteiger partial charge in [-0.15, -0.1) is 0 Å². The second kappa shape index (κ2) is 7.13. The standard InChI is InChI=1S/C15H27NO2/c1-12(14-8-5-11-18-14)16-15(17)10-9-13-6-3-2-4-7-13/h12-14H,2-11H2,1H3,(H,16,17)/t12-,14+/m0/s1. The summed E-state index contributed by atoms with van der Waals surface area (Å²) in [5.74, 6) is 1.01. The molecule has 2 rings (SSSR count). The van der Waals surface area contributed by atoms with Crippen molar-refractivity contribution in [3.63, 3.8) is 0 Å². The molecular weight excluding hydrogens is 226 g/mol. The van der Waals surface area contributed by atoms with Gasteiger partial charge in [-0.1, -0.05) is 32.1 Å². The summed E-state index contributed by atoms with van der Waals surface area (Å²) in [6, 6.07) is 0.173. The van der Waals surface area contributed by atoms with Crippen LogP contribution in [-0.4, -0.2) is 24.7 Å². The zero-order valence-electron chi connectivity index (χ0n) is 11.6. The van der Waals surface area contributed by atoms with Gasteiger partial charge >= 0.3 is 0 Å². The van der Waals surface area contributed by atoms with Crippen molar-refractivity contribution in [2.75, 3.05) is 6.61 Å². The Kier molecular flexibility index (Phi) is 5.48. The van der Waals surface area contributed by atoms with Gasteiger partial charge in [-0.3, -0.25) is 4.79 Å². The average Bonchev–Trinajstić information content (AvgIpc) is 2.91. The maximum Gasteiger partial charge on any atom is 0.220 e. The molecule has 1 N–H and O–H groups in total. The van der Waals surface area contributed by atoms with E-state index < -0.39 is 0 Å². The van der Waals surface area contributed by atoms with E-state index in [1.165, 1.54) is 32.1 Å². The fraction of sp³-hybridized carbons (Fsp3) is 0.933. The summed E-state index contributed by atoms with van der Waals surface area (Å²) >= 11 is 0. The molecule has 0 radical (unpaired) electrons. The Bertz CT molecular complexity index is 255. The maximum absolute atomic E-state index is 11.9. The molecule has 1 saturated heterocycles. The van der Waals surface area contributed by atoms with E-state index >= 15 is 0 Å². The Balaban J connectivity index is 1.61. The molecule has 1 saturated carbocycles. The predicted molar refractivity (Wildman–Crippen MR) is 72.4 cm³/mol. The lowest BCUT2D eigenvalue weighted by atomic mass is 9.86. The highest BCUT2D eigenvalue weighted by atomic mass is 16.5. The number of nitrogens with one attached hydrogen (secondary N) is 1. The molecule has 1 aliphatic heterocycles. The molecule has 1 aliphatic carbocycles. The first-order chi connectivity index (χ1) is 8.75.